The predicted octanol–water partition coefficient (Wildman–Crippen LogP) is 1.86. The number of amides is 1. The number of halogens is 1. The maximum absolute atomic E-state index is 14.7. The van der Waals surface area contributed by atoms with E-state index in [1.165, 1.54) is 11.0 Å². The monoisotopic (exact) mass is 408 g/mol. The number of thiocarbonyl (C=S) groups is 1. The van der Waals surface area contributed by atoms with Crippen LogP contribution in [0.4, 0.5) is 20.6 Å². The van der Waals surface area contributed by atoms with Crippen LogP contribution in [0.3, 0.4) is 0 Å². The summed E-state index contributed by atoms with van der Waals surface area (Å²) in [6, 6.07) is 5.13. The molecule has 1 aromatic carbocycles. The Bertz CT molecular complexity index is 778. The van der Waals surface area contributed by atoms with Gasteiger partial charge in [-0.2, -0.15) is 0 Å². The van der Waals surface area contributed by atoms with Crippen LogP contribution in [0.2, 0.25) is 0 Å². The number of cyclic esters (lactones) is 1. The standard InChI is InChI=1S/C19H25FN4O3S/c1-12(2)22-17(28)21-6-14-7-24(18(25)27-14)13-3-4-16(15(20)5-13)23-8-19(9-23)10-26-11-19/h3-5,12,14H,6-11H2,1-2H3,(H2,21,22,28)/t14-/m0/s1. The van der Waals surface area contributed by atoms with Gasteiger partial charge in [0.15, 0.2) is 5.11 Å². The van der Waals surface area contributed by atoms with E-state index in [9.17, 15) is 9.18 Å². The fourth-order valence-corrected chi connectivity index (χ4v) is 4.10. The summed E-state index contributed by atoms with van der Waals surface area (Å²) in [5, 5.41) is 6.64. The fourth-order valence-electron chi connectivity index (χ4n) is 3.79. The molecule has 1 aromatic rings. The van der Waals surface area contributed by atoms with Gasteiger partial charge >= 0.3 is 6.09 Å². The second-order valence-electron chi connectivity index (χ2n) is 8.11. The van der Waals surface area contributed by atoms with Crippen molar-refractivity contribution >= 4 is 34.8 Å². The minimum absolute atomic E-state index is 0.217. The van der Waals surface area contributed by atoms with Crippen LogP contribution in [0.5, 0.6) is 0 Å². The number of hydrogen-bond donors (Lipinski definition) is 2. The van der Waals surface area contributed by atoms with Gasteiger partial charge in [0.05, 0.1) is 43.1 Å². The summed E-state index contributed by atoms with van der Waals surface area (Å²) in [6.45, 7) is 7.87. The third kappa shape index (κ3) is 3.73. The molecule has 28 heavy (non-hydrogen) atoms. The second-order valence-corrected chi connectivity index (χ2v) is 8.52. The van der Waals surface area contributed by atoms with Crippen molar-refractivity contribution in [2.75, 3.05) is 49.2 Å². The molecule has 1 spiro atoms. The Labute approximate surface area is 169 Å². The van der Waals surface area contributed by atoms with Crippen LogP contribution in [0.25, 0.3) is 0 Å². The van der Waals surface area contributed by atoms with Gasteiger partial charge in [-0.15, -0.1) is 0 Å². The van der Waals surface area contributed by atoms with Crippen LogP contribution in [-0.4, -0.2) is 62.7 Å². The van der Waals surface area contributed by atoms with Crippen LogP contribution >= 0.6 is 12.2 Å². The molecule has 3 aliphatic heterocycles. The number of carbonyl (C=O) groups is 1. The van der Waals surface area contributed by atoms with Gasteiger partial charge < -0.3 is 25.0 Å². The molecule has 0 unspecified atom stereocenters. The molecule has 0 saturated carbocycles. The van der Waals surface area contributed by atoms with Crippen LogP contribution in [0.1, 0.15) is 13.8 Å². The lowest BCUT2D eigenvalue weighted by Crippen LogP contribution is -2.66. The van der Waals surface area contributed by atoms with Crippen LogP contribution in [0, 0.1) is 11.2 Å². The van der Waals surface area contributed by atoms with E-state index in [1.54, 1.807) is 12.1 Å². The first-order valence-corrected chi connectivity index (χ1v) is 9.91. The third-order valence-electron chi connectivity index (χ3n) is 5.24. The number of rotatable bonds is 5. The van der Waals surface area contributed by atoms with Gasteiger partial charge in [-0.3, -0.25) is 4.90 Å². The van der Waals surface area contributed by atoms with Gasteiger partial charge in [-0.1, -0.05) is 0 Å². The summed E-state index contributed by atoms with van der Waals surface area (Å²) in [6.07, 6.45) is -0.827. The van der Waals surface area contributed by atoms with Gasteiger partial charge in [0.25, 0.3) is 0 Å². The highest BCUT2D eigenvalue weighted by molar-refractivity contribution is 7.80. The average molecular weight is 408 g/mol. The van der Waals surface area contributed by atoms with E-state index < -0.39 is 6.09 Å². The first kappa shape index (κ1) is 19.2. The molecule has 1 amide bonds. The molecule has 3 saturated heterocycles. The highest BCUT2D eigenvalue weighted by Gasteiger charge is 2.49. The Balaban J connectivity index is 1.34. The van der Waals surface area contributed by atoms with Gasteiger partial charge in [-0.25, -0.2) is 9.18 Å². The largest absolute Gasteiger partial charge is 0.442 e. The molecule has 3 fully saturated rings. The van der Waals surface area contributed by atoms with E-state index in [4.69, 9.17) is 21.7 Å². The van der Waals surface area contributed by atoms with Gasteiger partial charge in [0.2, 0.25) is 0 Å². The van der Waals surface area contributed by atoms with E-state index >= 15 is 0 Å². The summed E-state index contributed by atoms with van der Waals surface area (Å²) < 4.78 is 25.3. The van der Waals surface area contributed by atoms with Gasteiger partial charge in [-0.05, 0) is 44.3 Å². The third-order valence-corrected chi connectivity index (χ3v) is 5.50. The molecule has 3 heterocycles. The fraction of sp³-hybridized carbons (Fsp3) is 0.579. The van der Waals surface area contributed by atoms with E-state index in [0.29, 0.717) is 29.6 Å². The maximum Gasteiger partial charge on any atom is 0.414 e. The van der Waals surface area contributed by atoms with Gasteiger partial charge in [0, 0.05) is 19.1 Å². The average Bonchev–Trinajstić information content (AvgIpc) is 2.92. The number of nitrogens with one attached hydrogen (secondary N) is 2. The molecule has 0 bridgehead atoms. The van der Waals surface area contributed by atoms with Crippen molar-refractivity contribution in [3.63, 3.8) is 0 Å². The van der Waals surface area contributed by atoms with Crippen molar-refractivity contribution in [3.05, 3.63) is 24.0 Å². The number of anilines is 2. The van der Waals surface area contributed by atoms with Crippen molar-refractivity contribution in [1.82, 2.24) is 10.6 Å². The normalized spacial score (nSPS) is 22.7. The number of ether oxygens (including phenoxy) is 2. The Kier molecular flexibility index (Phi) is 5.05. The summed E-state index contributed by atoms with van der Waals surface area (Å²) in [5.74, 6) is -0.329. The summed E-state index contributed by atoms with van der Waals surface area (Å²) in [4.78, 5) is 15.7. The molecule has 7 nitrogen and oxygen atoms in total. The minimum Gasteiger partial charge on any atom is -0.442 e. The van der Waals surface area contributed by atoms with Crippen molar-refractivity contribution in [3.8, 4) is 0 Å². The molecular weight excluding hydrogens is 383 g/mol. The highest BCUT2D eigenvalue weighted by atomic mass is 32.1. The number of nitrogens with zero attached hydrogens (tertiary/aromatic N) is 2. The zero-order chi connectivity index (χ0) is 19.9. The first-order chi connectivity index (χ1) is 13.3. The molecular formula is C19H25FN4O3S. The lowest BCUT2D eigenvalue weighted by Gasteiger charge is -2.56. The molecule has 1 atom stereocenters. The predicted molar refractivity (Wildman–Crippen MR) is 108 cm³/mol. The van der Waals surface area contributed by atoms with Crippen LogP contribution < -0.4 is 20.4 Å². The van der Waals surface area contributed by atoms with E-state index in [-0.39, 0.29) is 23.4 Å². The van der Waals surface area contributed by atoms with E-state index in [1.807, 2.05) is 18.7 Å². The first-order valence-electron chi connectivity index (χ1n) is 9.50. The summed E-state index contributed by atoms with van der Waals surface area (Å²) in [5.41, 5.74) is 1.28. The second kappa shape index (κ2) is 7.36. The zero-order valence-corrected chi connectivity index (χ0v) is 16.9. The zero-order valence-electron chi connectivity index (χ0n) is 16.0. The number of benzene rings is 1. The van der Waals surface area contributed by atoms with Crippen LogP contribution in [-0.2, 0) is 9.47 Å². The Morgan fingerprint density at radius 3 is 2.75 bits per heavy atom. The van der Waals surface area contributed by atoms with E-state index in [2.05, 4.69) is 10.6 Å². The summed E-state index contributed by atoms with van der Waals surface area (Å²) >= 11 is 5.18. The number of hydrogen-bond acceptors (Lipinski definition) is 5. The van der Waals surface area contributed by atoms with Crippen molar-refractivity contribution in [2.24, 2.45) is 5.41 Å². The molecule has 2 N–H and O–H groups in total. The van der Waals surface area contributed by atoms with E-state index in [0.717, 1.165) is 26.3 Å². The lowest BCUT2D eigenvalue weighted by atomic mass is 9.78. The molecule has 0 radical (unpaired) electrons. The van der Waals surface area contributed by atoms with Crippen molar-refractivity contribution in [1.29, 1.82) is 0 Å². The quantitative estimate of drug-likeness (QED) is 0.721. The van der Waals surface area contributed by atoms with Crippen molar-refractivity contribution < 1.29 is 18.7 Å². The number of carbonyl (C=O) groups excluding carboxylic acids is 1. The molecule has 3 aliphatic rings. The molecule has 0 aromatic heterocycles. The van der Waals surface area contributed by atoms with Crippen LogP contribution in [0.15, 0.2) is 18.2 Å². The maximum atomic E-state index is 14.7. The minimum atomic E-state index is -0.476. The highest BCUT2D eigenvalue weighted by Crippen LogP contribution is 2.41. The molecule has 9 heteroatoms. The van der Waals surface area contributed by atoms with Crippen molar-refractivity contribution in [2.45, 2.75) is 26.0 Å². The smallest absolute Gasteiger partial charge is 0.414 e. The SMILES string of the molecule is CC(C)NC(=S)NC[C@H]1CN(c2ccc(N3CC4(COC4)C3)c(F)c2)C(=O)O1. The molecule has 152 valence electrons. The Morgan fingerprint density at radius 1 is 1.39 bits per heavy atom. The Hall–Kier alpha value is -2.13. The molecule has 0 aliphatic carbocycles. The topological polar surface area (TPSA) is 66.1 Å². The van der Waals surface area contributed by atoms with Gasteiger partial charge in [0.1, 0.15) is 11.9 Å². The Morgan fingerprint density at radius 2 is 2.14 bits per heavy atom. The lowest BCUT2D eigenvalue weighted by molar-refractivity contribution is -0.127. The molecule has 4 rings (SSSR count). The summed E-state index contributed by atoms with van der Waals surface area (Å²) in [7, 11) is 0.